The third kappa shape index (κ3) is 2.63. The van der Waals surface area contributed by atoms with E-state index in [0.29, 0.717) is 17.8 Å². The highest BCUT2D eigenvalue weighted by atomic mass is 16.5. The maximum atomic E-state index is 5.39. The first kappa shape index (κ1) is 13.4. The van der Waals surface area contributed by atoms with Gasteiger partial charge in [-0.2, -0.15) is 4.98 Å². The van der Waals surface area contributed by atoms with Crippen LogP contribution in [0, 0.1) is 12.8 Å². The van der Waals surface area contributed by atoms with Gasteiger partial charge in [-0.05, 0) is 38.8 Å². The van der Waals surface area contributed by atoms with Gasteiger partial charge in [-0.1, -0.05) is 18.0 Å². The predicted octanol–water partition coefficient (Wildman–Crippen LogP) is 2.96. The third-order valence-corrected chi connectivity index (χ3v) is 4.30. The van der Waals surface area contributed by atoms with Crippen molar-refractivity contribution in [2.45, 2.75) is 45.1 Å². The number of nitrogens with zero attached hydrogens (tertiary/aromatic N) is 2. The molecule has 3 rings (SSSR count). The van der Waals surface area contributed by atoms with Gasteiger partial charge in [-0.15, -0.1) is 0 Å². The van der Waals surface area contributed by atoms with Gasteiger partial charge < -0.3 is 14.3 Å². The van der Waals surface area contributed by atoms with Gasteiger partial charge in [-0.25, -0.2) is 0 Å². The molecule has 0 aliphatic heterocycles. The summed E-state index contributed by atoms with van der Waals surface area (Å²) in [6.07, 6.45) is 7.72. The van der Waals surface area contributed by atoms with Gasteiger partial charge in [0.15, 0.2) is 0 Å². The summed E-state index contributed by atoms with van der Waals surface area (Å²) in [6, 6.07) is 2.30. The Morgan fingerprint density at radius 1 is 1.40 bits per heavy atom. The summed E-state index contributed by atoms with van der Waals surface area (Å²) in [5, 5.41) is 7.46. The van der Waals surface area contributed by atoms with Gasteiger partial charge in [0.25, 0.3) is 0 Å². The van der Waals surface area contributed by atoms with E-state index in [2.05, 4.69) is 15.5 Å². The van der Waals surface area contributed by atoms with Crippen molar-refractivity contribution in [2.24, 2.45) is 5.92 Å². The van der Waals surface area contributed by atoms with Gasteiger partial charge in [0.2, 0.25) is 11.7 Å². The van der Waals surface area contributed by atoms with E-state index < -0.39 is 0 Å². The minimum atomic E-state index is 0.427. The second-order valence-electron chi connectivity index (χ2n) is 5.55. The van der Waals surface area contributed by atoms with Gasteiger partial charge in [-0.3, -0.25) is 0 Å². The maximum absolute atomic E-state index is 5.39. The summed E-state index contributed by atoms with van der Waals surface area (Å²) >= 11 is 0. The van der Waals surface area contributed by atoms with Gasteiger partial charge >= 0.3 is 0 Å². The van der Waals surface area contributed by atoms with Gasteiger partial charge in [0.05, 0.1) is 11.8 Å². The van der Waals surface area contributed by atoms with Crippen LogP contribution >= 0.6 is 0 Å². The number of furan rings is 1. The molecule has 20 heavy (non-hydrogen) atoms. The molecular weight excluding hydrogens is 254 g/mol. The molecule has 0 radical (unpaired) electrons. The molecule has 1 atom stereocenters. The molecule has 1 aliphatic carbocycles. The lowest BCUT2D eigenvalue weighted by Crippen LogP contribution is -2.34. The van der Waals surface area contributed by atoms with Crippen molar-refractivity contribution in [1.82, 2.24) is 15.5 Å². The molecule has 0 saturated heterocycles. The average molecular weight is 275 g/mol. The molecule has 0 amide bonds. The van der Waals surface area contributed by atoms with Crippen molar-refractivity contribution >= 4 is 0 Å². The van der Waals surface area contributed by atoms with E-state index in [9.17, 15) is 0 Å². The highest BCUT2D eigenvalue weighted by molar-refractivity contribution is 5.56. The summed E-state index contributed by atoms with van der Waals surface area (Å²) in [7, 11) is 2.01. The van der Waals surface area contributed by atoms with Crippen LogP contribution in [-0.2, 0) is 6.42 Å². The van der Waals surface area contributed by atoms with E-state index >= 15 is 0 Å². The monoisotopic (exact) mass is 275 g/mol. The Balaban J connectivity index is 1.71. The second kappa shape index (κ2) is 5.79. The Hall–Kier alpha value is -1.62. The Kier molecular flexibility index (Phi) is 3.87. The van der Waals surface area contributed by atoms with Crippen molar-refractivity contribution in [2.75, 3.05) is 7.05 Å². The number of nitrogens with one attached hydrogen (secondary N) is 1. The maximum Gasteiger partial charge on any atom is 0.228 e. The molecule has 1 saturated carbocycles. The van der Waals surface area contributed by atoms with Gasteiger partial charge in [0.1, 0.15) is 5.76 Å². The highest BCUT2D eigenvalue weighted by Crippen LogP contribution is 2.29. The Bertz CT molecular complexity index is 555. The van der Waals surface area contributed by atoms with E-state index in [1.807, 2.05) is 20.0 Å². The fourth-order valence-electron chi connectivity index (χ4n) is 3.12. The van der Waals surface area contributed by atoms with Crippen LogP contribution in [0.5, 0.6) is 0 Å². The number of aryl methyl sites for hydroxylation is 1. The standard InChI is InChI=1S/C15H21N3O2/c1-10-12(7-8-19-10)15-17-14(20-18-15)9-13(16-2)11-5-3-4-6-11/h7-8,11,13,16H,3-6,9H2,1-2H3. The van der Waals surface area contributed by atoms with Crippen LogP contribution in [0.1, 0.15) is 37.3 Å². The fourth-order valence-corrected chi connectivity index (χ4v) is 3.12. The van der Waals surface area contributed by atoms with Crippen LogP contribution in [0.25, 0.3) is 11.4 Å². The number of hydrogen-bond donors (Lipinski definition) is 1. The molecule has 2 aromatic rings. The molecule has 0 bridgehead atoms. The van der Waals surface area contributed by atoms with Crippen LogP contribution in [0.3, 0.4) is 0 Å². The number of hydrogen-bond acceptors (Lipinski definition) is 5. The molecule has 0 aromatic carbocycles. The minimum Gasteiger partial charge on any atom is -0.469 e. The van der Waals surface area contributed by atoms with E-state index in [0.717, 1.165) is 23.7 Å². The lowest BCUT2D eigenvalue weighted by atomic mass is 9.95. The smallest absolute Gasteiger partial charge is 0.228 e. The molecule has 1 unspecified atom stereocenters. The summed E-state index contributed by atoms with van der Waals surface area (Å²) in [5.41, 5.74) is 0.905. The molecule has 1 fully saturated rings. The van der Waals surface area contributed by atoms with E-state index in [1.54, 1.807) is 6.26 Å². The molecule has 108 valence electrons. The summed E-state index contributed by atoms with van der Waals surface area (Å²) in [5.74, 6) is 2.86. The molecule has 0 spiro atoms. The first-order valence-electron chi connectivity index (χ1n) is 7.32. The topological polar surface area (TPSA) is 64.1 Å². The van der Waals surface area contributed by atoms with Crippen LogP contribution in [-0.4, -0.2) is 23.2 Å². The first-order chi connectivity index (χ1) is 9.78. The van der Waals surface area contributed by atoms with Crippen molar-refractivity contribution < 1.29 is 8.94 Å². The highest BCUT2D eigenvalue weighted by Gasteiger charge is 2.26. The Labute approximate surface area is 118 Å². The summed E-state index contributed by atoms with van der Waals surface area (Å²) in [6.45, 7) is 1.90. The second-order valence-corrected chi connectivity index (χ2v) is 5.55. The molecule has 5 heteroatoms. The molecular formula is C15H21N3O2. The normalized spacial score (nSPS) is 17.7. The lowest BCUT2D eigenvalue weighted by molar-refractivity contribution is 0.318. The van der Waals surface area contributed by atoms with Crippen LogP contribution in [0.4, 0.5) is 0 Å². The van der Waals surface area contributed by atoms with Crippen LogP contribution in [0.2, 0.25) is 0 Å². The summed E-state index contributed by atoms with van der Waals surface area (Å²) in [4.78, 5) is 4.49. The Morgan fingerprint density at radius 3 is 2.85 bits per heavy atom. The van der Waals surface area contributed by atoms with Crippen molar-refractivity contribution in [1.29, 1.82) is 0 Å². The van der Waals surface area contributed by atoms with E-state index in [4.69, 9.17) is 8.94 Å². The largest absolute Gasteiger partial charge is 0.469 e. The van der Waals surface area contributed by atoms with Crippen molar-refractivity contribution in [3.8, 4) is 11.4 Å². The summed E-state index contributed by atoms with van der Waals surface area (Å²) < 4.78 is 10.7. The average Bonchev–Trinajstić information content (AvgIpc) is 3.16. The minimum absolute atomic E-state index is 0.427. The third-order valence-electron chi connectivity index (χ3n) is 4.30. The van der Waals surface area contributed by atoms with Crippen molar-refractivity contribution in [3.05, 3.63) is 24.0 Å². The van der Waals surface area contributed by atoms with Gasteiger partial charge in [0, 0.05) is 12.5 Å². The lowest BCUT2D eigenvalue weighted by Gasteiger charge is -2.20. The SMILES string of the molecule is CNC(Cc1nc(-c2ccoc2C)no1)C1CCCC1. The zero-order valence-corrected chi connectivity index (χ0v) is 12.1. The molecule has 5 nitrogen and oxygen atoms in total. The number of rotatable bonds is 5. The van der Waals surface area contributed by atoms with Crippen LogP contribution < -0.4 is 5.32 Å². The number of aromatic nitrogens is 2. The van der Waals surface area contributed by atoms with E-state index in [1.165, 1.54) is 25.7 Å². The van der Waals surface area contributed by atoms with Crippen LogP contribution in [0.15, 0.2) is 21.3 Å². The predicted molar refractivity (Wildman–Crippen MR) is 75.2 cm³/mol. The molecule has 2 heterocycles. The molecule has 1 aliphatic rings. The zero-order chi connectivity index (χ0) is 13.9. The molecule has 2 aromatic heterocycles. The van der Waals surface area contributed by atoms with E-state index in [-0.39, 0.29) is 0 Å². The van der Waals surface area contributed by atoms with Crippen molar-refractivity contribution in [3.63, 3.8) is 0 Å². The number of likely N-dealkylation sites (N-methyl/N-ethyl adjacent to an activating group) is 1. The fraction of sp³-hybridized carbons (Fsp3) is 0.600. The quantitative estimate of drug-likeness (QED) is 0.908. The zero-order valence-electron chi connectivity index (χ0n) is 12.1. The molecule has 1 N–H and O–H groups in total. The first-order valence-corrected chi connectivity index (χ1v) is 7.32. The Morgan fingerprint density at radius 2 is 2.20 bits per heavy atom.